The lowest BCUT2D eigenvalue weighted by molar-refractivity contribution is 0.526. The highest BCUT2D eigenvalue weighted by molar-refractivity contribution is 7.98. The smallest absolute Gasteiger partial charge is 0.191 e. The first-order valence-electron chi connectivity index (χ1n) is 6.43. The van der Waals surface area contributed by atoms with Crippen LogP contribution in [0.3, 0.4) is 0 Å². The van der Waals surface area contributed by atoms with E-state index in [4.69, 9.17) is 5.73 Å². The Hall–Kier alpha value is -1.34. The zero-order valence-corrected chi connectivity index (χ0v) is 12.4. The molecule has 2 rings (SSSR count). The molecule has 6 nitrogen and oxygen atoms in total. The first-order chi connectivity index (χ1) is 9.15. The molecule has 0 saturated heterocycles. The fraction of sp³-hybridized carbons (Fsp3) is 0.583. The number of nitrogens with zero attached hydrogens (tertiary/aromatic N) is 5. The van der Waals surface area contributed by atoms with Crippen molar-refractivity contribution in [2.24, 2.45) is 5.73 Å². The maximum absolute atomic E-state index is 5.68. The van der Waals surface area contributed by atoms with Crippen LogP contribution in [-0.2, 0) is 18.8 Å². The molecule has 0 aliphatic carbocycles. The van der Waals surface area contributed by atoms with Gasteiger partial charge in [0.2, 0.25) is 0 Å². The van der Waals surface area contributed by atoms with Crippen LogP contribution in [0.5, 0.6) is 0 Å². The van der Waals surface area contributed by atoms with Gasteiger partial charge in [-0.3, -0.25) is 4.68 Å². The predicted molar refractivity (Wildman–Crippen MR) is 75.8 cm³/mol. The first kappa shape index (κ1) is 14.1. The van der Waals surface area contributed by atoms with Crippen molar-refractivity contribution >= 4 is 11.8 Å². The van der Waals surface area contributed by atoms with Crippen molar-refractivity contribution in [3.63, 3.8) is 0 Å². The second kappa shape index (κ2) is 6.21. The summed E-state index contributed by atoms with van der Waals surface area (Å²) in [5.41, 5.74) is 6.88. The number of hydrogen-bond donors (Lipinski definition) is 1. The minimum Gasteiger partial charge on any atom is -0.324 e. The molecule has 0 atom stereocenters. The summed E-state index contributed by atoms with van der Waals surface area (Å²) in [5.74, 6) is 1.68. The van der Waals surface area contributed by atoms with Gasteiger partial charge in [0.25, 0.3) is 0 Å². The van der Waals surface area contributed by atoms with Crippen molar-refractivity contribution in [2.45, 2.75) is 50.8 Å². The van der Waals surface area contributed by atoms with Gasteiger partial charge in [-0.25, -0.2) is 0 Å². The number of rotatable bonds is 6. The van der Waals surface area contributed by atoms with Crippen molar-refractivity contribution in [1.29, 1.82) is 0 Å². The van der Waals surface area contributed by atoms with E-state index in [2.05, 4.69) is 46.8 Å². The Bertz CT molecular complexity index is 530. The number of aromatic nitrogens is 5. The van der Waals surface area contributed by atoms with E-state index < -0.39 is 0 Å². The van der Waals surface area contributed by atoms with Gasteiger partial charge in [0.15, 0.2) is 5.16 Å². The molecule has 0 radical (unpaired) electrons. The van der Waals surface area contributed by atoms with Crippen molar-refractivity contribution < 1.29 is 0 Å². The van der Waals surface area contributed by atoms with Crippen LogP contribution < -0.4 is 5.73 Å². The minimum atomic E-state index is 0.314. The summed E-state index contributed by atoms with van der Waals surface area (Å²) in [5, 5.41) is 13.5. The summed E-state index contributed by atoms with van der Waals surface area (Å²) in [4.78, 5) is 0. The number of nitrogens with two attached hydrogens (primary N) is 1. The molecular weight excluding hydrogens is 260 g/mol. The molecule has 0 unspecified atom stereocenters. The van der Waals surface area contributed by atoms with Crippen LogP contribution in [0.2, 0.25) is 0 Å². The molecule has 0 saturated carbocycles. The minimum absolute atomic E-state index is 0.314. The van der Waals surface area contributed by atoms with Crippen LogP contribution in [0.25, 0.3) is 0 Å². The molecule has 19 heavy (non-hydrogen) atoms. The van der Waals surface area contributed by atoms with E-state index in [1.165, 1.54) is 5.56 Å². The van der Waals surface area contributed by atoms with Crippen LogP contribution in [-0.4, -0.2) is 24.5 Å². The predicted octanol–water partition coefficient (Wildman–Crippen LogP) is 1.83. The normalized spacial score (nSPS) is 11.4. The fourth-order valence-electron chi connectivity index (χ4n) is 1.87. The van der Waals surface area contributed by atoms with Gasteiger partial charge in [0, 0.05) is 30.1 Å². The van der Waals surface area contributed by atoms with Crippen molar-refractivity contribution in [3.05, 3.63) is 23.8 Å². The maximum atomic E-state index is 5.68. The molecule has 2 aromatic heterocycles. The second-order valence-corrected chi connectivity index (χ2v) is 5.50. The molecule has 7 heteroatoms. The van der Waals surface area contributed by atoms with E-state index in [0.29, 0.717) is 12.6 Å². The zero-order chi connectivity index (χ0) is 13.8. The molecule has 0 aliphatic heterocycles. The summed E-state index contributed by atoms with van der Waals surface area (Å²) in [7, 11) is 0. The molecule has 0 spiro atoms. The summed E-state index contributed by atoms with van der Waals surface area (Å²) < 4.78 is 4.02. The van der Waals surface area contributed by atoms with Gasteiger partial charge in [-0.15, -0.1) is 10.2 Å². The van der Waals surface area contributed by atoms with Crippen LogP contribution in [0.1, 0.15) is 38.2 Å². The highest BCUT2D eigenvalue weighted by Gasteiger charge is 2.14. The summed E-state index contributed by atoms with van der Waals surface area (Å²) in [6, 6.07) is 0.314. The standard InChI is InChI=1S/C12H20N6S/c1-4-17-7-10(6-14-17)8-19-12-16-15-11(5-13)18(12)9(2)3/h6-7,9H,4-5,8,13H2,1-3H3. The topological polar surface area (TPSA) is 74.6 Å². The van der Waals surface area contributed by atoms with Crippen LogP contribution in [0, 0.1) is 0 Å². The highest BCUT2D eigenvalue weighted by atomic mass is 32.2. The average molecular weight is 280 g/mol. The number of thioether (sulfide) groups is 1. The molecule has 0 aliphatic rings. The van der Waals surface area contributed by atoms with Crippen molar-refractivity contribution in [2.75, 3.05) is 0 Å². The van der Waals surface area contributed by atoms with E-state index >= 15 is 0 Å². The lowest BCUT2D eigenvalue weighted by atomic mass is 10.4. The molecular formula is C12H20N6S. The van der Waals surface area contributed by atoms with Gasteiger partial charge in [0.05, 0.1) is 12.7 Å². The number of hydrogen-bond acceptors (Lipinski definition) is 5. The monoisotopic (exact) mass is 280 g/mol. The summed E-state index contributed by atoms with van der Waals surface area (Å²) in [6.07, 6.45) is 3.96. The van der Waals surface area contributed by atoms with Gasteiger partial charge in [-0.05, 0) is 20.8 Å². The van der Waals surface area contributed by atoms with Gasteiger partial charge in [-0.1, -0.05) is 11.8 Å². The molecule has 2 heterocycles. The van der Waals surface area contributed by atoms with Gasteiger partial charge >= 0.3 is 0 Å². The molecule has 0 amide bonds. The molecule has 0 aromatic carbocycles. The quantitative estimate of drug-likeness (QED) is 0.817. The zero-order valence-electron chi connectivity index (χ0n) is 11.6. The van der Waals surface area contributed by atoms with E-state index in [-0.39, 0.29) is 0 Å². The molecule has 0 fully saturated rings. The maximum Gasteiger partial charge on any atom is 0.191 e. The Morgan fingerprint density at radius 1 is 1.37 bits per heavy atom. The lowest BCUT2D eigenvalue weighted by Gasteiger charge is -2.12. The van der Waals surface area contributed by atoms with E-state index in [0.717, 1.165) is 23.3 Å². The fourth-order valence-corrected chi connectivity index (χ4v) is 2.86. The Morgan fingerprint density at radius 2 is 2.16 bits per heavy atom. The van der Waals surface area contributed by atoms with E-state index in [9.17, 15) is 0 Å². The van der Waals surface area contributed by atoms with Crippen LogP contribution in [0.15, 0.2) is 17.6 Å². The lowest BCUT2D eigenvalue weighted by Crippen LogP contribution is -2.11. The van der Waals surface area contributed by atoms with E-state index in [1.54, 1.807) is 11.8 Å². The Kier molecular flexibility index (Phi) is 4.60. The third-order valence-corrected chi connectivity index (χ3v) is 3.83. The molecule has 104 valence electrons. The summed E-state index contributed by atoms with van der Waals surface area (Å²) in [6.45, 7) is 7.61. The molecule has 2 N–H and O–H groups in total. The van der Waals surface area contributed by atoms with Crippen LogP contribution >= 0.6 is 11.8 Å². The summed E-state index contributed by atoms with van der Waals surface area (Å²) >= 11 is 1.67. The Balaban J connectivity index is 2.08. The molecule has 0 bridgehead atoms. The Labute approximate surface area is 117 Å². The second-order valence-electron chi connectivity index (χ2n) is 4.56. The van der Waals surface area contributed by atoms with Crippen molar-refractivity contribution in [3.8, 4) is 0 Å². The third-order valence-electron chi connectivity index (χ3n) is 2.81. The number of aryl methyl sites for hydroxylation is 1. The SMILES string of the molecule is CCn1cc(CSc2nnc(CN)n2C(C)C)cn1. The van der Waals surface area contributed by atoms with Crippen LogP contribution in [0.4, 0.5) is 0 Å². The largest absolute Gasteiger partial charge is 0.324 e. The first-order valence-corrected chi connectivity index (χ1v) is 7.42. The average Bonchev–Trinajstić information content (AvgIpc) is 3.02. The van der Waals surface area contributed by atoms with Gasteiger partial charge in [0.1, 0.15) is 5.82 Å². The Morgan fingerprint density at radius 3 is 2.74 bits per heavy atom. The van der Waals surface area contributed by atoms with Gasteiger partial charge in [-0.2, -0.15) is 5.10 Å². The molecule has 2 aromatic rings. The highest BCUT2D eigenvalue weighted by Crippen LogP contribution is 2.24. The van der Waals surface area contributed by atoms with E-state index in [1.807, 2.05) is 10.9 Å². The third kappa shape index (κ3) is 3.16. The van der Waals surface area contributed by atoms with Crippen molar-refractivity contribution in [1.82, 2.24) is 24.5 Å². The van der Waals surface area contributed by atoms with Gasteiger partial charge < -0.3 is 10.3 Å².